The molecule has 2 rings (SSSR count). The lowest BCUT2D eigenvalue weighted by atomic mass is 9.95. The number of carboxylic acid groups (broad SMARTS) is 1. The van der Waals surface area contributed by atoms with Gasteiger partial charge in [-0.1, -0.05) is 32.9 Å². The molecule has 0 spiro atoms. The van der Waals surface area contributed by atoms with E-state index in [0.29, 0.717) is 17.1 Å². The van der Waals surface area contributed by atoms with Gasteiger partial charge in [0.2, 0.25) is 0 Å². The van der Waals surface area contributed by atoms with E-state index < -0.39 is 17.9 Å². The lowest BCUT2D eigenvalue weighted by Crippen LogP contribution is -2.39. The summed E-state index contributed by atoms with van der Waals surface area (Å²) < 4.78 is 5.61. The Kier molecular flexibility index (Phi) is 6.11. The highest BCUT2D eigenvalue weighted by molar-refractivity contribution is 5.97. The topological polar surface area (TPSA) is 88.5 Å². The second-order valence-corrected chi connectivity index (χ2v) is 6.83. The first kappa shape index (κ1) is 19.2. The van der Waals surface area contributed by atoms with Crippen molar-refractivity contribution in [1.29, 1.82) is 0 Å². The van der Waals surface area contributed by atoms with Crippen LogP contribution < -0.4 is 10.1 Å². The van der Waals surface area contributed by atoms with Crippen molar-refractivity contribution < 1.29 is 19.4 Å². The van der Waals surface area contributed by atoms with Crippen LogP contribution in [0.4, 0.5) is 0 Å². The maximum absolute atomic E-state index is 12.3. The van der Waals surface area contributed by atoms with E-state index in [9.17, 15) is 14.7 Å². The molecule has 1 aromatic heterocycles. The van der Waals surface area contributed by atoms with Crippen molar-refractivity contribution >= 4 is 11.9 Å². The van der Waals surface area contributed by atoms with E-state index in [1.54, 1.807) is 54.9 Å². The second-order valence-electron chi connectivity index (χ2n) is 6.83. The van der Waals surface area contributed by atoms with E-state index in [-0.39, 0.29) is 5.41 Å². The number of carboxylic acids is 1. The summed E-state index contributed by atoms with van der Waals surface area (Å²) >= 11 is 0. The van der Waals surface area contributed by atoms with E-state index in [2.05, 4.69) is 10.3 Å². The molecule has 6 heteroatoms. The first-order valence-corrected chi connectivity index (χ1v) is 8.15. The summed E-state index contributed by atoms with van der Waals surface area (Å²) in [5.41, 5.74) is 0.169. The number of nitrogens with one attached hydrogen (secondary N) is 1. The maximum Gasteiger partial charge on any atom is 0.330 e. The normalized spacial score (nSPS) is 12.6. The standard InChI is InChI=1S/C20H22N2O4/c1-20(2,3)11-10-17(19(24)25)22-18(23)14-6-8-15(9-7-14)26-16-5-4-12-21-13-16/h4-13,17H,1-3H3,(H,22,23)(H,24,25). The number of hydrogen-bond donors (Lipinski definition) is 2. The number of allylic oxidation sites excluding steroid dienone is 1. The number of hydrogen-bond acceptors (Lipinski definition) is 4. The van der Waals surface area contributed by atoms with Crippen LogP contribution in [0, 0.1) is 5.41 Å². The minimum Gasteiger partial charge on any atom is -0.479 e. The van der Waals surface area contributed by atoms with Crippen molar-refractivity contribution in [2.45, 2.75) is 26.8 Å². The summed E-state index contributed by atoms with van der Waals surface area (Å²) in [5, 5.41) is 11.8. The summed E-state index contributed by atoms with van der Waals surface area (Å²) in [4.78, 5) is 27.6. The molecule has 0 aliphatic carbocycles. The smallest absolute Gasteiger partial charge is 0.330 e. The van der Waals surface area contributed by atoms with Crippen LogP contribution >= 0.6 is 0 Å². The number of rotatable bonds is 6. The lowest BCUT2D eigenvalue weighted by molar-refractivity contribution is -0.137. The molecule has 0 saturated carbocycles. The van der Waals surface area contributed by atoms with Crippen LogP contribution in [0.5, 0.6) is 11.5 Å². The third-order valence-electron chi connectivity index (χ3n) is 3.33. The number of ether oxygens (including phenoxy) is 1. The van der Waals surface area contributed by atoms with Crippen molar-refractivity contribution in [3.8, 4) is 11.5 Å². The van der Waals surface area contributed by atoms with Gasteiger partial charge in [0.15, 0.2) is 0 Å². The Morgan fingerprint density at radius 1 is 1.15 bits per heavy atom. The van der Waals surface area contributed by atoms with Gasteiger partial charge in [-0.25, -0.2) is 4.79 Å². The number of nitrogens with zero attached hydrogens (tertiary/aromatic N) is 1. The molecule has 0 radical (unpaired) electrons. The highest BCUT2D eigenvalue weighted by atomic mass is 16.5. The Labute approximate surface area is 152 Å². The molecule has 0 aliphatic heterocycles. The van der Waals surface area contributed by atoms with Crippen LogP contribution in [0.25, 0.3) is 0 Å². The molecule has 2 aromatic rings. The van der Waals surface area contributed by atoms with Crippen molar-refractivity contribution in [2.24, 2.45) is 5.41 Å². The highest BCUT2D eigenvalue weighted by Crippen LogP contribution is 2.20. The molecule has 0 bridgehead atoms. The molecule has 1 heterocycles. The molecular formula is C20H22N2O4. The SMILES string of the molecule is CC(C)(C)C=CC(NC(=O)c1ccc(Oc2cccnc2)cc1)C(=O)O. The van der Waals surface area contributed by atoms with Crippen LogP contribution in [-0.4, -0.2) is 28.0 Å². The number of amides is 1. The van der Waals surface area contributed by atoms with Gasteiger partial charge in [0.25, 0.3) is 5.91 Å². The molecular weight excluding hydrogens is 332 g/mol. The number of benzene rings is 1. The Hall–Kier alpha value is -3.15. The van der Waals surface area contributed by atoms with Gasteiger partial charge in [-0.15, -0.1) is 0 Å². The molecule has 1 amide bonds. The molecule has 26 heavy (non-hydrogen) atoms. The average molecular weight is 354 g/mol. The number of pyridine rings is 1. The van der Waals surface area contributed by atoms with Crippen molar-refractivity contribution in [1.82, 2.24) is 10.3 Å². The zero-order chi connectivity index (χ0) is 19.2. The zero-order valence-electron chi connectivity index (χ0n) is 15.0. The monoisotopic (exact) mass is 354 g/mol. The molecule has 0 saturated heterocycles. The van der Waals surface area contributed by atoms with Crippen LogP contribution in [0.15, 0.2) is 60.9 Å². The van der Waals surface area contributed by atoms with Crippen molar-refractivity contribution in [2.75, 3.05) is 0 Å². The number of aromatic nitrogens is 1. The Morgan fingerprint density at radius 2 is 1.85 bits per heavy atom. The zero-order valence-corrected chi connectivity index (χ0v) is 15.0. The fraction of sp³-hybridized carbons (Fsp3) is 0.250. The van der Waals surface area contributed by atoms with Crippen molar-refractivity contribution in [3.63, 3.8) is 0 Å². The molecule has 6 nitrogen and oxygen atoms in total. The van der Waals surface area contributed by atoms with Gasteiger partial charge in [-0.05, 0) is 41.8 Å². The third kappa shape index (κ3) is 6.05. The number of carbonyl (C=O) groups excluding carboxylic acids is 1. The van der Waals surface area contributed by atoms with Crippen LogP contribution in [0.3, 0.4) is 0 Å². The highest BCUT2D eigenvalue weighted by Gasteiger charge is 2.19. The first-order chi connectivity index (χ1) is 12.2. The van der Waals surface area contributed by atoms with Gasteiger partial charge < -0.3 is 15.2 Å². The lowest BCUT2D eigenvalue weighted by Gasteiger charge is -2.15. The van der Waals surface area contributed by atoms with Crippen LogP contribution in [-0.2, 0) is 4.79 Å². The predicted octanol–water partition coefficient (Wildman–Crippen LogP) is 3.66. The summed E-state index contributed by atoms with van der Waals surface area (Å²) in [6.07, 6.45) is 6.48. The van der Waals surface area contributed by atoms with Crippen molar-refractivity contribution in [3.05, 3.63) is 66.5 Å². The van der Waals surface area contributed by atoms with Gasteiger partial charge in [0, 0.05) is 11.8 Å². The minimum atomic E-state index is -1.12. The summed E-state index contributed by atoms with van der Waals surface area (Å²) in [5.74, 6) is -0.445. The average Bonchev–Trinajstić information content (AvgIpc) is 2.59. The summed E-state index contributed by atoms with van der Waals surface area (Å²) in [6.45, 7) is 5.85. The molecule has 2 N–H and O–H groups in total. The minimum absolute atomic E-state index is 0.177. The van der Waals surface area contributed by atoms with E-state index in [0.717, 1.165) is 0 Å². The summed E-state index contributed by atoms with van der Waals surface area (Å²) in [7, 11) is 0. The first-order valence-electron chi connectivity index (χ1n) is 8.15. The van der Waals surface area contributed by atoms with E-state index in [4.69, 9.17) is 4.74 Å². The fourth-order valence-corrected chi connectivity index (χ4v) is 2.02. The van der Waals surface area contributed by atoms with E-state index in [1.807, 2.05) is 20.8 Å². The van der Waals surface area contributed by atoms with Gasteiger partial charge in [0.05, 0.1) is 6.20 Å². The quantitative estimate of drug-likeness (QED) is 0.773. The van der Waals surface area contributed by atoms with E-state index in [1.165, 1.54) is 6.08 Å². The second kappa shape index (κ2) is 8.29. The third-order valence-corrected chi connectivity index (χ3v) is 3.33. The van der Waals surface area contributed by atoms with Gasteiger partial charge in [-0.3, -0.25) is 9.78 Å². The van der Waals surface area contributed by atoms with E-state index >= 15 is 0 Å². The maximum atomic E-state index is 12.3. The molecule has 1 unspecified atom stereocenters. The largest absolute Gasteiger partial charge is 0.479 e. The van der Waals surface area contributed by atoms with Crippen LogP contribution in [0.2, 0.25) is 0 Å². The van der Waals surface area contributed by atoms with Gasteiger partial charge >= 0.3 is 5.97 Å². The Morgan fingerprint density at radius 3 is 2.38 bits per heavy atom. The predicted molar refractivity (Wildman–Crippen MR) is 98.2 cm³/mol. The molecule has 136 valence electrons. The number of carbonyl (C=O) groups is 2. The molecule has 0 fully saturated rings. The number of aliphatic carboxylic acids is 1. The molecule has 1 atom stereocenters. The Bertz CT molecular complexity index is 778. The molecule has 1 aromatic carbocycles. The van der Waals surface area contributed by atoms with Crippen LogP contribution in [0.1, 0.15) is 31.1 Å². The summed E-state index contributed by atoms with van der Waals surface area (Å²) in [6, 6.07) is 8.88. The van der Waals surface area contributed by atoms with Gasteiger partial charge in [-0.2, -0.15) is 0 Å². The Balaban J connectivity index is 2.04. The molecule has 0 aliphatic rings. The fourth-order valence-electron chi connectivity index (χ4n) is 2.02. The van der Waals surface area contributed by atoms with Gasteiger partial charge in [0.1, 0.15) is 17.5 Å².